The molecule has 0 bridgehead atoms. The van der Waals surface area contributed by atoms with Crippen LogP contribution in [-0.2, 0) is 24.1 Å². The third-order valence-electron chi connectivity index (χ3n) is 5.61. The summed E-state index contributed by atoms with van der Waals surface area (Å²) in [6.45, 7) is 6.94. The van der Waals surface area contributed by atoms with Crippen molar-refractivity contribution in [2.24, 2.45) is 11.8 Å². The number of hydrogen-bond donors (Lipinski definition) is 1. The van der Waals surface area contributed by atoms with E-state index in [4.69, 9.17) is 18.2 Å². The van der Waals surface area contributed by atoms with Crippen LogP contribution in [0.15, 0.2) is 30.3 Å². The van der Waals surface area contributed by atoms with Crippen LogP contribution in [0.3, 0.4) is 0 Å². The van der Waals surface area contributed by atoms with Crippen LogP contribution in [0.1, 0.15) is 39.0 Å². The van der Waals surface area contributed by atoms with E-state index in [0.29, 0.717) is 16.7 Å². The van der Waals surface area contributed by atoms with Crippen molar-refractivity contribution in [3.05, 3.63) is 35.9 Å². The molecule has 1 aromatic carbocycles. The number of hydrogen-bond acceptors (Lipinski definition) is 5. The van der Waals surface area contributed by atoms with Crippen molar-refractivity contribution in [1.82, 2.24) is 0 Å². The molecule has 3 rings (SSSR count). The molecule has 7 atom stereocenters. The van der Waals surface area contributed by atoms with E-state index in [0.717, 1.165) is 17.3 Å². The Morgan fingerprint density at radius 2 is 1.96 bits per heavy atom. The first-order valence-electron chi connectivity index (χ1n) is 9.42. The summed E-state index contributed by atoms with van der Waals surface area (Å²) in [5.41, 5.74) is 0.896. The topological polar surface area (TPSA) is 82.1 Å². The van der Waals surface area contributed by atoms with Crippen molar-refractivity contribution in [3.8, 4) is 0 Å². The second kappa shape index (κ2) is 8.91. The van der Waals surface area contributed by atoms with Crippen LogP contribution in [-0.4, -0.2) is 45.7 Å². The zero-order valence-electron chi connectivity index (χ0n) is 16.0. The Morgan fingerprint density at radius 1 is 1.26 bits per heavy atom. The van der Waals surface area contributed by atoms with E-state index in [1.165, 1.54) is 5.32 Å². The van der Waals surface area contributed by atoms with Crippen molar-refractivity contribution in [3.63, 3.8) is 0 Å². The SMILES string of the molecule is CC[C@@H]1[C@@H](C)[C@H](C)C[Se+]1C[C@H]1OC(c2ccccc2)OC[C@@H]1OS(=O)(=O)O. The van der Waals surface area contributed by atoms with Gasteiger partial charge in [-0.15, -0.1) is 0 Å². The maximum absolute atomic E-state index is 11.3. The predicted octanol–water partition coefficient (Wildman–Crippen LogP) is 3.85. The Hall–Kier alpha value is -0.471. The molecule has 8 heteroatoms. The van der Waals surface area contributed by atoms with Gasteiger partial charge in [-0.3, -0.25) is 0 Å². The van der Waals surface area contributed by atoms with Crippen LogP contribution < -0.4 is 0 Å². The zero-order chi connectivity index (χ0) is 19.6. The summed E-state index contributed by atoms with van der Waals surface area (Å²) in [4.78, 5) is 0.702. The van der Waals surface area contributed by atoms with E-state index < -0.39 is 42.8 Å². The van der Waals surface area contributed by atoms with Gasteiger partial charge in [-0.05, 0) is 0 Å². The minimum atomic E-state index is -4.56. The summed E-state index contributed by atoms with van der Waals surface area (Å²) in [5, 5.41) is 2.04. The normalized spacial score (nSPS) is 37.4. The molecule has 2 unspecified atom stereocenters. The summed E-state index contributed by atoms with van der Waals surface area (Å²) >= 11 is -0.991. The van der Waals surface area contributed by atoms with Gasteiger partial charge in [0, 0.05) is 0 Å². The molecule has 0 saturated carbocycles. The van der Waals surface area contributed by atoms with Gasteiger partial charge >= 0.3 is 166 Å². The molecule has 1 N–H and O–H groups in total. The standard InChI is InChI=1S/C19H28O6SSe/c1-4-18-14(3)13(2)11-27(18)12-17-16(25-26(20,21)22)10-23-19(24-17)15-8-6-5-7-9-15/h5-9,13-14,16-19H,4,10-12H2,1-3H3/p+1/t13-,14+,16+,17-,18-,19?,27?/m1/s1. The van der Waals surface area contributed by atoms with Crippen LogP contribution in [0.5, 0.6) is 0 Å². The molecule has 0 aromatic heterocycles. The number of ether oxygens (including phenoxy) is 2. The summed E-state index contributed by atoms with van der Waals surface area (Å²) in [5.74, 6) is 1.37. The summed E-state index contributed by atoms with van der Waals surface area (Å²) < 4.78 is 48.5. The van der Waals surface area contributed by atoms with Gasteiger partial charge < -0.3 is 0 Å². The fourth-order valence-electron chi connectivity index (χ4n) is 4.05. The van der Waals surface area contributed by atoms with E-state index in [2.05, 4.69) is 20.8 Å². The quantitative estimate of drug-likeness (QED) is 0.509. The van der Waals surface area contributed by atoms with Crippen molar-refractivity contribution in [1.29, 1.82) is 0 Å². The van der Waals surface area contributed by atoms with E-state index in [1.54, 1.807) is 0 Å². The molecule has 2 saturated heterocycles. The molecule has 2 aliphatic rings. The molecular formula is C19H29O6SSe+. The monoisotopic (exact) mass is 465 g/mol. The Labute approximate surface area is 166 Å². The molecule has 2 fully saturated rings. The predicted molar refractivity (Wildman–Crippen MR) is 104 cm³/mol. The second-order valence-electron chi connectivity index (χ2n) is 7.47. The average molecular weight is 464 g/mol. The maximum atomic E-state index is 11.3. The van der Waals surface area contributed by atoms with Gasteiger partial charge in [-0.2, -0.15) is 0 Å². The molecule has 1 aromatic rings. The minimum absolute atomic E-state index is 0.0742. The van der Waals surface area contributed by atoms with E-state index in [9.17, 15) is 8.42 Å². The van der Waals surface area contributed by atoms with Gasteiger partial charge in [0.1, 0.15) is 0 Å². The van der Waals surface area contributed by atoms with Gasteiger partial charge in [0.05, 0.1) is 0 Å². The van der Waals surface area contributed by atoms with Crippen LogP contribution in [0.2, 0.25) is 15.5 Å². The zero-order valence-corrected chi connectivity index (χ0v) is 18.5. The van der Waals surface area contributed by atoms with Crippen molar-refractivity contribution < 1.29 is 26.6 Å². The molecule has 0 amide bonds. The molecule has 27 heavy (non-hydrogen) atoms. The van der Waals surface area contributed by atoms with E-state index >= 15 is 0 Å². The molecule has 0 spiro atoms. The van der Waals surface area contributed by atoms with Gasteiger partial charge in [0.15, 0.2) is 0 Å². The molecule has 6 nitrogen and oxygen atoms in total. The van der Waals surface area contributed by atoms with Crippen LogP contribution in [0, 0.1) is 11.8 Å². The summed E-state index contributed by atoms with van der Waals surface area (Å²) in [7, 11) is -4.56. The first-order chi connectivity index (χ1) is 12.8. The Balaban J connectivity index is 1.77. The molecule has 2 heterocycles. The fraction of sp³-hybridized carbons (Fsp3) is 0.684. The van der Waals surface area contributed by atoms with Gasteiger partial charge in [-0.1, -0.05) is 0 Å². The van der Waals surface area contributed by atoms with Crippen LogP contribution in [0.4, 0.5) is 0 Å². The average Bonchev–Trinajstić information content (AvgIpc) is 2.89. The summed E-state index contributed by atoms with van der Waals surface area (Å²) in [6.07, 6.45) is -0.610. The van der Waals surface area contributed by atoms with E-state index in [-0.39, 0.29) is 6.61 Å². The molecule has 0 radical (unpaired) electrons. The van der Waals surface area contributed by atoms with Crippen LogP contribution >= 0.6 is 0 Å². The first-order valence-corrected chi connectivity index (χ1v) is 14.2. The number of benzene rings is 1. The molecular weight excluding hydrogens is 435 g/mol. The molecule has 152 valence electrons. The Morgan fingerprint density at radius 3 is 2.59 bits per heavy atom. The Bertz CT molecular complexity index is 712. The third-order valence-corrected chi connectivity index (χ3v) is 13.1. The van der Waals surface area contributed by atoms with Crippen molar-refractivity contribution >= 4 is 24.3 Å². The van der Waals surface area contributed by atoms with Gasteiger partial charge in [-0.25, -0.2) is 0 Å². The van der Waals surface area contributed by atoms with Crippen molar-refractivity contribution in [2.45, 2.75) is 61.1 Å². The summed E-state index contributed by atoms with van der Waals surface area (Å²) in [6, 6.07) is 9.61. The molecule has 0 aliphatic carbocycles. The van der Waals surface area contributed by atoms with Gasteiger partial charge in [0.25, 0.3) is 0 Å². The Kier molecular flexibility index (Phi) is 7.01. The molecule has 2 aliphatic heterocycles. The van der Waals surface area contributed by atoms with Gasteiger partial charge in [0.2, 0.25) is 0 Å². The second-order valence-corrected chi connectivity index (χ2v) is 13.4. The fourth-order valence-corrected chi connectivity index (χ4v) is 12.2. The van der Waals surface area contributed by atoms with E-state index in [1.807, 2.05) is 30.3 Å². The number of rotatable bonds is 6. The third kappa shape index (κ3) is 5.32. The van der Waals surface area contributed by atoms with Crippen LogP contribution in [0.25, 0.3) is 0 Å². The first kappa shape index (κ1) is 21.2. The van der Waals surface area contributed by atoms with Crippen molar-refractivity contribution in [2.75, 3.05) is 6.61 Å².